The topological polar surface area (TPSA) is 56.1 Å². The number of hydrogen-bond donors (Lipinski definition) is 1. The van der Waals surface area contributed by atoms with Gasteiger partial charge in [-0.3, -0.25) is 4.79 Å². The monoisotopic (exact) mass is 427 g/mol. The third kappa shape index (κ3) is 4.83. The summed E-state index contributed by atoms with van der Waals surface area (Å²) >= 11 is 0. The van der Waals surface area contributed by atoms with E-state index in [0.717, 1.165) is 33.7 Å². The lowest BCUT2D eigenvalue weighted by atomic mass is 10.1. The molecule has 0 bridgehead atoms. The van der Waals surface area contributed by atoms with Gasteiger partial charge in [0.05, 0.1) is 17.6 Å². The number of aromatic nitrogens is 2. The van der Waals surface area contributed by atoms with Gasteiger partial charge in [-0.1, -0.05) is 48.0 Å². The molecule has 1 amide bonds. The van der Waals surface area contributed by atoms with Crippen LogP contribution in [-0.2, 0) is 13.0 Å². The largest absolute Gasteiger partial charge is 0.491 e. The number of nitrogens with one attached hydrogen (secondary N) is 1. The highest BCUT2D eigenvalue weighted by Crippen LogP contribution is 2.20. The minimum Gasteiger partial charge on any atom is -0.491 e. The molecular formula is C27H29N3O2. The first-order valence-corrected chi connectivity index (χ1v) is 11.0. The van der Waals surface area contributed by atoms with Crippen LogP contribution < -0.4 is 10.1 Å². The Labute approximate surface area is 189 Å². The molecule has 164 valence electrons. The van der Waals surface area contributed by atoms with Gasteiger partial charge in [0, 0.05) is 18.5 Å². The Kier molecular flexibility index (Phi) is 6.55. The van der Waals surface area contributed by atoms with Crippen LogP contribution >= 0.6 is 0 Å². The van der Waals surface area contributed by atoms with Crippen molar-refractivity contribution in [3.8, 4) is 5.75 Å². The molecule has 0 aliphatic rings. The molecule has 0 fully saturated rings. The average molecular weight is 428 g/mol. The summed E-state index contributed by atoms with van der Waals surface area (Å²) in [6.45, 7) is 7.86. The average Bonchev–Trinajstić information content (AvgIpc) is 3.13. The number of amides is 1. The fourth-order valence-electron chi connectivity index (χ4n) is 3.98. The van der Waals surface area contributed by atoms with Crippen molar-refractivity contribution in [2.75, 3.05) is 13.2 Å². The maximum absolute atomic E-state index is 12.5. The van der Waals surface area contributed by atoms with E-state index in [4.69, 9.17) is 9.72 Å². The van der Waals surface area contributed by atoms with Gasteiger partial charge in [-0.15, -0.1) is 0 Å². The Morgan fingerprint density at radius 1 is 0.969 bits per heavy atom. The van der Waals surface area contributed by atoms with Crippen molar-refractivity contribution < 1.29 is 9.53 Å². The Balaban J connectivity index is 1.44. The van der Waals surface area contributed by atoms with Gasteiger partial charge >= 0.3 is 0 Å². The maximum Gasteiger partial charge on any atom is 0.251 e. The summed E-state index contributed by atoms with van der Waals surface area (Å²) < 4.78 is 8.26. The molecule has 0 aliphatic heterocycles. The van der Waals surface area contributed by atoms with Gasteiger partial charge in [-0.25, -0.2) is 4.98 Å². The van der Waals surface area contributed by atoms with Crippen molar-refractivity contribution in [3.63, 3.8) is 0 Å². The summed E-state index contributed by atoms with van der Waals surface area (Å²) in [5.41, 5.74) is 6.09. The molecule has 0 spiro atoms. The Morgan fingerprint density at radius 2 is 1.75 bits per heavy atom. The predicted octanol–water partition coefficient (Wildman–Crippen LogP) is 5.01. The first-order valence-electron chi connectivity index (χ1n) is 11.0. The Morgan fingerprint density at radius 3 is 2.56 bits per heavy atom. The molecule has 0 saturated carbocycles. The van der Waals surface area contributed by atoms with Crippen molar-refractivity contribution >= 4 is 16.9 Å². The second kappa shape index (κ2) is 9.69. The van der Waals surface area contributed by atoms with Gasteiger partial charge in [0.25, 0.3) is 5.91 Å². The standard InChI is InChI=1S/C27H29N3O2/c1-19-12-13-25(21(3)18-19)32-17-16-30-24-11-7-6-10-23(24)29-26(30)14-15-28-27(31)22-9-5-4-8-20(22)2/h4-13,18H,14-17H2,1-3H3,(H,28,31). The number of benzene rings is 3. The fraction of sp³-hybridized carbons (Fsp3) is 0.259. The molecule has 1 aromatic heterocycles. The smallest absolute Gasteiger partial charge is 0.251 e. The van der Waals surface area contributed by atoms with Crippen molar-refractivity contribution in [2.45, 2.75) is 33.7 Å². The summed E-state index contributed by atoms with van der Waals surface area (Å²) in [4.78, 5) is 17.3. The quantitative estimate of drug-likeness (QED) is 0.430. The summed E-state index contributed by atoms with van der Waals surface area (Å²) in [7, 11) is 0. The third-order valence-corrected chi connectivity index (χ3v) is 5.66. The van der Waals surface area contributed by atoms with E-state index in [1.54, 1.807) is 0 Å². The number of ether oxygens (including phenoxy) is 1. The summed E-state index contributed by atoms with van der Waals surface area (Å²) in [5, 5.41) is 3.03. The van der Waals surface area contributed by atoms with E-state index in [1.165, 1.54) is 5.56 Å². The highest BCUT2D eigenvalue weighted by molar-refractivity contribution is 5.95. The van der Waals surface area contributed by atoms with Crippen LogP contribution in [0.1, 0.15) is 32.9 Å². The number of aryl methyl sites for hydroxylation is 3. The van der Waals surface area contributed by atoms with Crippen molar-refractivity contribution in [3.05, 3.63) is 94.8 Å². The molecule has 4 aromatic rings. The normalized spacial score (nSPS) is 11.0. The zero-order chi connectivity index (χ0) is 22.5. The number of carbonyl (C=O) groups excluding carboxylic acids is 1. The van der Waals surface area contributed by atoms with Crippen LogP contribution in [0.15, 0.2) is 66.7 Å². The van der Waals surface area contributed by atoms with E-state index in [2.05, 4.69) is 41.9 Å². The van der Waals surface area contributed by atoms with E-state index < -0.39 is 0 Å². The van der Waals surface area contributed by atoms with E-state index in [0.29, 0.717) is 31.7 Å². The lowest BCUT2D eigenvalue weighted by Crippen LogP contribution is -2.27. The molecule has 0 radical (unpaired) electrons. The number of imidazole rings is 1. The van der Waals surface area contributed by atoms with Crippen molar-refractivity contribution in [2.24, 2.45) is 0 Å². The third-order valence-electron chi connectivity index (χ3n) is 5.66. The Bertz CT molecular complexity index is 1240. The molecule has 3 aromatic carbocycles. The first-order chi connectivity index (χ1) is 15.5. The van der Waals surface area contributed by atoms with Gasteiger partial charge in [0.15, 0.2) is 0 Å². The first kappa shape index (κ1) is 21.6. The number of nitrogens with zero attached hydrogens (tertiary/aromatic N) is 2. The highest BCUT2D eigenvalue weighted by atomic mass is 16.5. The van der Waals surface area contributed by atoms with Crippen LogP contribution in [0.5, 0.6) is 5.75 Å². The van der Waals surface area contributed by atoms with Crippen molar-refractivity contribution in [1.82, 2.24) is 14.9 Å². The molecule has 0 aliphatic carbocycles. The number of para-hydroxylation sites is 2. The van der Waals surface area contributed by atoms with Gasteiger partial charge < -0.3 is 14.6 Å². The fourth-order valence-corrected chi connectivity index (χ4v) is 3.98. The Hall–Kier alpha value is -3.60. The lowest BCUT2D eigenvalue weighted by Gasteiger charge is -2.13. The molecule has 0 atom stereocenters. The van der Waals surface area contributed by atoms with Crippen molar-refractivity contribution in [1.29, 1.82) is 0 Å². The molecular weight excluding hydrogens is 398 g/mol. The van der Waals surface area contributed by atoms with E-state index in [-0.39, 0.29) is 5.91 Å². The number of rotatable bonds is 8. The second-order valence-electron chi connectivity index (χ2n) is 8.11. The zero-order valence-corrected chi connectivity index (χ0v) is 18.9. The van der Waals surface area contributed by atoms with Gasteiger partial charge in [-0.05, 0) is 56.2 Å². The number of fused-ring (bicyclic) bond motifs is 1. The van der Waals surface area contributed by atoms with Crippen LogP contribution in [0.4, 0.5) is 0 Å². The van der Waals surface area contributed by atoms with Crippen LogP contribution in [0, 0.1) is 20.8 Å². The molecule has 1 N–H and O–H groups in total. The van der Waals surface area contributed by atoms with Gasteiger partial charge in [0.2, 0.25) is 0 Å². The number of hydrogen-bond acceptors (Lipinski definition) is 3. The highest BCUT2D eigenvalue weighted by Gasteiger charge is 2.12. The molecule has 4 rings (SSSR count). The molecule has 1 heterocycles. The molecule has 0 unspecified atom stereocenters. The van der Waals surface area contributed by atoms with Gasteiger partial charge in [0.1, 0.15) is 18.2 Å². The molecule has 0 saturated heterocycles. The maximum atomic E-state index is 12.5. The van der Waals surface area contributed by atoms with Crippen LogP contribution in [0.3, 0.4) is 0 Å². The molecule has 32 heavy (non-hydrogen) atoms. The lowest BCUT2D eigenvalue weighted by molar-refractivity contribution is 0.0953. The SMILES string of the molecule is Cc1ccc(OCCn2c(CCNC(=O)c3ccccc3C)nc3ccccc32)c(C)c1. The minimum atomic E-state index is -0.0519. The van der Waals surface area contributed by atoms with E-state index >= 15 is 0 Å². The zero-order valence-electron chi connectivity index (χ0n) is 18.9. The molecule has 5 heteroatoms. The van der Waals surface area contributed by atoms with E-state index in [9.17, 15) is 4.79 Å². The minimum absolute atomic E-state index is 0.0519. The van der Waals surface area contributed by atoms with E-state index in [1.807, 2.05) is 55.5 Å². The second-order valence-corrected chi connectivity index (χ2v) is 8.11. The summed E-state index contributed by atoms with van der Waals surface area (Å²) in [6.07, 6.45) is 0.649. The summed E-state index contributed by atoms with van der Waals surface area (Å²) in [5.74, 6) is 1.80. The predicted molar refractivity (Wildman–Crippen MR) is 128 cm³/mol. The van der Waals surface area contributed by atoms with Crippen LogP contribution in [0.2, 0.25) is 0 Å². The van der Waals surface area contributed by atoms with Crippen LogP contribution in [-0.4, -0.2) is 28.6 Å². The number of carbonyl (C=O) groups is 1. The van der Waals surface area contributed by atoms with Gasteiger partial charge in [-0.2, -0.15) is 0 Å². The molecule has 5 nitrogen and oxygen atoms in total. The van der Waals surface area contributed by atoms with Crippen LogP contribution in [0.25, 0.3) is 11.0 Å². The summed E-state index contributed by atoms with van der Waals surface area (Å²) in [6, 6.07) is 22.0.